The summed E-state index contributed by atoms with van der Waals surface area (Å²) in [6.45, 7) is 5.44. The van der Waals surface area contributed by atoms with E-state index in [9.17, 15) is 21.6 Å². The van der Waals surface area contributed by atoms with E-state index in [0.29, 0.717) is 56.4 Å². The van der Waals surface area contributed by atoms with Gasteiger partial charge in [0.15, 0.2) is 11.7 Å². The highest BCUT2D eigenvalue weighted by molar-refractivity contribution is 14.0. The molecule has 2 rings (SSSR count). The number of halogens is 4. The molecule has 0 aliphatic carbocycles. The Balaban J connectivity index is 0.00000420. The Morgan fingerprint density at radius 1 is 1.34 bits per heavy atom. The first kappa shape index (κ1) is 26.4. The molecular formula is C16H27F3IN5O2S2. The summed E-state index contributed by atoms with van der Waals surface area (Å²) in [5.74, 6) is 0.675. The number of alkyl halides is 3. The van der Waals surface area contributed by atoms with Gasteiger partial charge in [-0.25, -0.2) is 17.7 Å². The normalized spacial score (nSPS) is 17.1. The Morgan fingerprint density at radius 3 is 2.52 bits per heavy atom. The number of guanidine groups is 1. The molecule has 0 atom stereocenters. The minimum Gasteiger partial charge on any atom is -0.357 e. The van der Waals surface area contributed by atoms with Crippen LogP contribution in [-0.2, 0) is 22.6 Å². The molecule has 0 amide bonds. The van der Waals surface area contributed by atoms with Gasteiger partial charge in [0, 0.05) is 44.0 Å². The highest BCUT2D eigenvalue weighted by Gasteiger charge is 2.33. The van der Waals surface area contributed by atoms with Crippen LogP contribution in [0.2, 0.25) is 0 Å². The molecule has 0 unspecified atom stereocenters. The van der Waals surface area contributed by atoms with Crippen LogP contribution in [0.1, 0.15) is 37.4 Å². The van der Waals surface area contributed by atoms with Gasteiger partial charge >= 0.3 is 6.18 Å². The third-order valence-corrected chi connectivity index (χ3v) is 7.13. The first-order chi connectivity index (χ1) is 13.2. The zero-order valence-electron chi connectivity index (χ0n) is 16.3. The molecule has 0 aromatic carbocycles. The van der Waals surface area contributed by atoms with Gasteiger partial charge in [-0.3, -0.25) is 4.99 Å². The molecule has 2 heterocycles. The number of rotatable bonds is 7. The SMILES string of the molecule is CCNC(=NCCc1nc(C(F)(F)F)cs1)NC1CCN(S(=O)(=O)CC)CC1.I. The molecule has 29 heavy (non-hydrogen) atoms. The largest absolute Gasteiger partial charge is 0.434 e. The number of nitrogens with zero attached hydrogens (tertiary/aromatic N) is 3. The maximum Gasteiger partial charge on any atom is 0.434 e. The number of piperidine rings is 1. The van der Waals surface area contributed by atoms with Crippen molar-refractivity contribution in [2.45, 2.75) is 45.3 Å². The lowest BCUT2D eigenvalue weighted by Gasteiger charge is -2.32. The van der Waals surface area contributed by atoms with E-state index in [0.717, 1.165) is 16.7 Å². The van der Waals surface area contributed by atoms with E-state index in [1.54, 1.807) is 6.92 Å². The van der Waals surface area contributed by atoms with Crippen molar-refractivity contribution in [3.05, 3.63) is 16.1 Å². The number of thiazole rings is 1. The summed E-state index contributed by atoms with van der Waals surface area (Å²) >= 11 is 0.978. The zero-order valence-corrected chi connectivity index (χ0v) is 20.3. The van der Waals surface area contributed by atoms with Gasteiger partial charge in [0.1, 0.15) is 0 Å². The summed E-state index contributed by atoms with van der Waals surface area (Å²) in [5.41, 5.74) is -0.865. The average Bonchev–Trinajstić information content (AvgIpc) is 3.12. The molecule has 13 heteroatoms. The van der Waals surface area contributed by atoms with E-state index in [-0.39, 0.29) is 35.8 Å². The van der Waals surface area contributed by atoms with Crippen LogP contribution in [0.25, 0.3) is 0 Å². The quantitative estimate of drug-likeness (QED) is 0.300. The lowest BCUT2D eigenvalue weighted by molar-refractivity contribution is -0.140. The van der Waals surface area contributed by atoms with E-state index in [1.807, 2.05) is 6.92 Å². The Bertz CT molecular complexity index is 763. The van der Waals surface area contributed by atoms with Crippen molar-refractivity contribution in [3.8, 4) is 0 Å². The standard InChI is InChI=1S/C16H26F3N5O2S2.HI/c1-3-20-15(21-8-5-14-23-13(11-27-14)16(17,18)19)22-12-6-9-24(10-7-12)28(25,26)4-2;/h11-12H,3-10H2,1-2H3,(H2,20,21,22);1H. The lowest BCUT2D eigenvalue weighted by Crippen LogP contribution is -2.50. The zero-order chi connectivity index (χ0) is 20.8. The molecule has 7 nitrogen and oxygen atoms in total. The van der Waals surface area contributed by atoms with Crippen molar-refractivity contribution >= 4 is 51.3 Å². The van der Waals surface area contributed by atoms with E-state index >= 15 is 0 Å². The molecule has 1 aromatic heterocycles. The summed E-state index contributed by atoms with van der Waals surface area (Å²) in [6, 6.07) is 0.0952. The van der Waals surface area contributed by atoms with Crippen molar-refractivity contribution in [1.29, 1.82) is 0 Å². The first-order valence-corrected chi connectivity index (χ1v) is 11.7. The monoisotopic (exact) mass is 569 g/mol. The fourth-order valence-corrected chi connectivity index (χ4v) is 4.72. The Labute approximate surface area is 190 Å². The summed E-state index contributed by atoms with van der Waals surface area (Å²) in [7, 11) is -3.16. The second kappa shape index (κ2) is 11.6. The Kier molecular flexibility index (Phi) is 10.6. The van der Waals surface area contributed by atoms with Crippen LogP contribution in [0.15, 0.2) is 10.4 Å². The van der Waals surface area contributed by atoms with Crippen molar-refractivity contribution < 1.29 is 21.6 Å². The van der Waals surface area contributed by atoms with Crippen LogP contribution < -0.4 is 10.6 Å². The summed E-state index contributed by atoms with van der Waals surface area (Å²) < 4.78 is 63.1. The highest BCUT2D eigenvalue weighted by atomic mass is 127. The summed E-state index contributed by atoms with van der Waals surface area (Å²) in [5, 5.41) is 7.80. The number of aromatic nitrogens is 1. The van der Waals surface area contributed by atoms with Crippen LogP contribution in [0.4, 0.5) is 13.2 Å². The van der Waals surface area contributed by atoms with Gasteiger partial charge < -0.3 is 10.6 Å². The minimum absolute atomic E-state index is 0. The van der Waals surface area contributed by atoms with Gasteiger partial charge in [0.25, 0.3) is 0 Å². The fourth-order valence-electron chi connectivity index (χ4n) is 2.79. The Morgan fingerprint density at radius 2 is 2.00 bits per heavy atom. The van der Waals surface area contributed by atoms with Gasteiger partial charge in [0.2, 0.25) is 10.0 Å². The first-order valence-electron chi connectivity index (χ1n) is 9.20. The second-order valence-electron chi connectivity index (χ2n) is 6.35. The molecule has 1 saturated heterocycles. The number of aliphatic imine (C=N–C) groups is 1. The van der Waals surface area contributed by atoms with Crippen LogP contribution >= 0.6 is 35.3 Å². The van der Waals surface area contributed by atoms with Crippen molar-refractivity contribution in [2.75, 3.05) is 31.9 Å². The van der Waals surface area contributed by atoms with Crippen molar-refractivity contribution in [1.82, 2.24) is 19.9 Å². The number of hydrogen-bond donors (Lipinski definition) is 2. The van der Waals surface area contributed by atoms with Crippen LogP contribution in [0.5, 0.6) is 0 Å². The maximum absolute atomic E-state index is 12.6. The molecule has 0 radical (unpaired) electrons. The Hall–Kier alpha value is -0.670. The summed E-state index contributed by atoms with van der Waals surface area (Å²) in [6.07, 6.45) is -2.75. The van der Waals surface area contributed by atoms with Gasteiger partial charge in [-0.1, -0.05) is 0 Å². The molecule has 0 spiro atoms. The van der Waals surface area contributed by atoms with Crippen LogP contribution in [0, 0.1) is 0 Å². The van der Waals surface area contributed by atoms with Gasteiger partial charge in [-0.15, -0.1) is 35.3 Å². The number of hydrogen-bond acceptors (Lipinski definition) is 5. The van der Waals surface area contributed by atoms with Gasteiger partial charge in [0.05, 0.1) is 10.8 Å². The molecule has 1 aliphatic rings. The summed E-state index contributed by atoms with van der Waals surface area (Å²) in [4.78, 5) is 8.01. The van der Waals surface area contributed by atoms with Gasteiger partial charge in [-0.2, -0.15) is 13.2 Å². The maximum atomic E-state index is 12.6. The third-order valence-electron chi connectivity index (χ3n) is 4.33. The molecular weight excluding hydrogens is 542 g/mol. The van der Waals surface area contributed by atoms with Crippen LogP contribution in [0.3, 0.4) is 0 Å². The van der Waals surface area contributed by atoms with E-state index in [1.165, 1.54) is 4.31 Å². The minimum atomic E-state index is -4.42. The van der Waals surface area contributed by atoms with E-state index < -0.39 is 21.9 Å². The molecule has 1 fully saturated rings. The molecule has 1 aliphatic heterocycles. The average molecular weight is 569 g/mol. The lowest BCUT2D eigenvalue weighted by atomic mass is 10.1. The third kappa shape index (κ3) is 8.17. The molecule has 1 aromatic rings. The topological polar surface area (TPSA) is 86.7 Å². The van der Waals surface area contributed by atoms with E-state index in [2.05, 4.69) is 20.6 Å². The molecule has 0 saturated carbocycles. The molecule has 168 valence electrons. The van der Waals surface area contributed by atoms with E-state index in [4.69, 9.17) is 0 Å². The van der Waals surface area contributed by atoms with Crippen LogP contribution in [-0.4, -0.2) is 61.6 Å². The molecule has 2 N–H and O–H groups in total. The smallest absolute Gasteiger partial charge is 0.357 e. The number of sulfonamides is 1. The van der Waals surface area contributed by atoms with Crippen molar-refractivity contribution in [3.63, 3.8) is 0 Å². The number of nitrogens with one attached hydrogen (secondary N) is 2. The predicted octanol–water partition coefficient (Wildman–Crippen LogP) is 2.69. The highest BCUT2D eigenvalue weighted by Crippen LogP contribution is 2.30. The van der Waals surface area contributed by atoms with Gasteiger partial charge in [-0.05, 0) is 26.7 Å². The predicted molar refractivity (Wildman–Crippen MR) is 119 cm³/mol. The molecule has 0 bridgehead atoms. The van der Waals surface area contributed by atoms with Crippen molar-refractivity contribution in [2.24, 2.45) is 4.99 Å². The second-order valence-corrected chi connectivity index (χ2v) is 9.55. The fraction of sp³-hybridized carbons (Fsp3) is 0.750.